The first-order chi connectivity index (χ1) is 9.88. The maximum absolute atomic E-state index is 12.3. The van der Waals surface area contributed by atoms with Crippen LogP contribution >= 0.6 is 11.3 Å². The lowest BCUT2D eigenvalue weighted by molar-refractivity contribution is 0.0980. The molecule has 21 heavy (non-hydrogen) atoms. The molecule has 0 saturated carbocycles. The third kappa shape index (κ3) is 2.49. The fourth-order valence-electron chi connectivity index (χ4n) is 2.56. The Bertz CT molecular complexity index is 818. The monoisotopic (exact) mass is 325 g/mol. The Morgan fingerprint density at radius 2 is 2.19 bits per heavy atom. The van der Waals surface area contributed by atoms with Gasteiger partial charge in [-0.15, -0.1) is 11.3 Å². The summed E-state index contributed by atoms with van der Waals surface area (Å²) in [4.78, 5) is 13.1. The van der Waals surface area contributed by atoms with Crippen molar-refractivity contribution >= 4 is 27.3 Å². The third-order valence-corrected chi connectivity index (χ3v) is 6.56. The maximum atomic E-state index is 12.3. The highest BCUT2D eigenvalue weighted by Crippen LogP contribution is 2.26. The Kier molecular flexibility index (Phi) is 3.37. The van der Waals surface area contributed by atoms with Gasteiger partial charge in [-0.2, -0.15) is 5.10 Å². The van der Waals surface area contributed by atoms with Crippen molar-refractivity contribution in [1.82, 2.24) is 14.5 Å². The molecule has 112 valence electrons. The number of hydrogen-bond acceptors (Lipinski definition) is 5. The van der Waals surface area contributed by atoms with E-state index in [0.717, 1.165) is 41.3 Å². The van der Waals surface area contributed by atoms with Gasteiger partial charge in [0, 0.05) is 11.4 Å². The number of aromatic nitrogens is 2. The number of nitrogens with one attached hydrogen (secondary N) is 1. The Morgan fingerprint density at radius 3 is 2.86 bits per heavy atom. The molecule has 0 bridgehead atoms. The molecule has 3 heterocycles. The summed E-state index contributed by atoms with van der Waals surface area (Å²) < 4.78 is 28.7. The Labute approximate surface area is 126 Å². The number of hydrogen-bond donors (Lipinski definition) is 1. The van der Waals surface area contributed by atoms with Gasteiger partial charge in [0.05, 0.1) is 17.5 Å². The van der Waals surface area contributed by atoms with Crippen LogP contribution in [0.5, 0.6) is 0 Å². The van der Waals surface area contributed by atoms with Gasteiger partial charge >= 0.3 is 0 Å². The summed E-state index contributed by atoms with van der Waals surface area (Å²) in [6.07, 6.45) is 3.12. The molecule has 0 unspecified atom stereocenters. The minimum atomic E-state index is -3.83. The largest absolute Gasteiger partial charge is 0.274 e. The van der Waals surface area contributed by atoms with Crippen LogP contribution in [0.4, 0.5) is 0 Å². The van der Waals surface area contributed by atoms with Crippen molar-refractivity contribution in [2.24, 2.45) is 0 Å². The van der Waals surface area contributed by atoms with Gasteiger partial charge in [0.2, 0.25) is 0 Å². The summed E-state index contributed by atoms with van der Waals surface area (Å²) in [6.45, 7) is 4.34. The van der Waals surface area contributed by atoms with E-state index in [4.69, 9.17) is 0 Å². The molecule has 0 radical (unpaired) electrons. The molecule has 0 fully saturated rings. The maximum Gasteiger partial charge on any atom is 0.274 e. The van der Waals surface area contributed by atoms with Gasteiger partial charge in [0.15, 0.2) is 0 Å². The molecule has 1 aliphatic rings. The van der Waals surface area contributed by atoms with Gasteiger partial charge in [0.25, 0.3) is 15.9 Å². The van der Waals surface area contributed by atoms with Crippen molar-refractivity contribution in [3.63, 3.8) is 0 Å². The van der Waals surface area contributed by atoms with Gasteiger partial charge in [-0.3, -0.25) is 9.48 Å². The number of rotatable bonds is 3. The molecule has 2 aromatic rings. The molecule has 8 heteroatoms. The number of nitrogens with zero attached hydrogens (tertiary/aromatic N) is 2. The topological polar surface area (TPSA) is 81.1 Å². The molecule has 6 nitrogen and oxygen atoms in total. The normalized spacial score (nSPS) is 14.2. The van der Waals surface area contributed by atoms with Crippen molar-refractivity contribution in [2.75, 3.05) is 0 Å². The summed E-state index contributed by atoms with van der Waals surface area (Å²) in [7, 11) is -3.83. The van der Waals surface area contributed by atoms with Gasteiger partial charge < -0.3 is 0 Å². The number of fused-ring (bicyclic) bond motifs is 1. The zero-order chi connectivity index (χ0) is 15.2. The van der Waals surface area contributed by atoms with Gasteiger partial charge in [-0.25, -0.2) is 13.1 Å². The van der Waals surface area contributed by atoms with Gasteiger partial charge in [0.1, 0.15) is 4.21 Å². The lowest BCUT2D eigenvalue weighted by Crippen LogP contribution is -2.30. The average Bonchev–Trinajstić information content (AvgIpc) is 3.02. The fourth-order valence-corrected chi connectivity index (χ4v) is 5.20. The number of carbonyl (C=O) groups is 1. The van der Waals surface area contributed by atoms with Crippen LogP contribution in [0, 0.1) is 13.8 Å². The molecular formula is C13H15N3O3S2. The molecule has 0 aliphatic carbocycles. The highest BCUT2D eigenvalue weighted by atomic mass is 32.2. The van der Waals surface area contributed by atoms with E-state index in [1.54, 1.807) is 17.7 Å². The molecule has 0 aromatic carbocycles. The predicted molar refractivity (Wildman–Crippen MR) is 79.0 cm³/mol. The third-order valence-electron chi connectivity index (χ3n) is 3.44. The van der Waals surface area contributed by atoms with Crippen LogP contribution in [0.1, 0.15) is 32.9 Å². The lowest BCUT2D eigenvalue weighted by atomic mass is 10.2. The van der Waals surface area contributed by atoms with Crippen molar-refractivity contribution in [3.05, 3.63) is 34.0 Å². The second-order valence-electron chi connectivity index (χ2n) is 5.09. The Hall–Kier alpha value is -1.67. The highest BCUT2D eigenvalue weighted by Gasteiger charge is 2.27. The first kappa shape index (κ1) is 14.3. The summed E-state index contributed by atoms with van der Waals surface area (Å²) in [5.41, 5.74) is 1.81. The van der Waals surface area contributed by atoms with Crippen LogP contribution in [0.15, 0.2) is 16.5 Å². The zero-order valence-electron chi connectivity index (χ0n) is 11.7. The molecule has 3 rings (SSSR count). The molecule has 0 spiro atoms. The minimum absolute atomic E-state index is 0.192. The number of amides is 1. The molecule has 1 aliphatic heterocycles. The van der Waals surface area contributed by atoms with Crippen LogP contribution in [-0.2, 0) is 23.0 Å². The van der Waals surface area contributed by atoms with Crippen molar-refractivity contribution < 1.29 is 13.2 Å². The van der Waals surface area contributed by atoms with Crippen LogP contribution in [0.3, 0.4) is 0 Å². The van der Waals surface area contributed by atoms with Crippen LogP contribution in [-0.4, -0.2) is 24.1 Å². The quantitative estimate of drug-likeness (QED) is 0.930. The van der Waals surface area contributed by atoms with E-state index in [-0.39, 0.29) is 4.21 Å². The number of carbonyl (C=O) groups excluding carboxylic acids is 1. The first-order valence-electron chi connectivity index (χ1n) is 6.57. The number of sulfonamides is 1. The lowest BCUT2D eigenvalue weighted by Gasteiger charge is -2.06. The van der Waals surface area contributed by atoms with Crippen molar-refractivity contribution in [1.29, 1.82) is 0 Å². The van der Waals surface area contributed by atoms with E-state index >= 15 is 0 Å². The average molecular weight is 325 g/mol. The van der Waals surface area contributed by atoms with E-state index in [0.29, 0.717) is 11.1 Å². The molecule has 2 aromatic heterocycles. The SMILES string of the molecule is Cc1cc(C)c(S(=O)(=O)NC(=O)c2cnn3c2CCC3)s1. The molecule has 1 N–H and O–H groups in total. The zero-order valence-corrected chi connectivity index (χ0v) is 13.3. The first-order valence-corrected chi connectivity index (χ1v) is 8.87. The molecule has 0 saturated heterocycles. The summed E-state index contributed by atoms with van der Waals surface area (Å²) in [5.74, 6) is -0.608. The van der Waals surface area contributed by atoms with E-state index in [9.17, 15) is 13.2 Å². The Balaban J connectivity index is 1.89. The van der Waals surface area contributed by atoms with Gasteiger partial charge in [-0.05, 0) is 38.3 Å². The van der Waals surface area contributed by atoms with E-state index in [1.807, 2.05) is 6.92 Å². The predicted octanol–water partition coefficient (Wildman–Crippen LogP) is 1.63. The smallest absolute Gasteiger partial charge is 0.269 e. The van der Waals surface area contributed by atoms with Crippen LogP contribution in [0.25, 0.3) is 0 Å². The minimum Gasteiger partial charge on any atom is -0.269 e. The summed E-state index contributed by atoms with van der Waals surface area (Å²) in [6, 6.07) is 1.79. The van der Waals surface area contributed by atoms with Crippen LogP contribution in [0.2, 0.25) is 0 Å². The molecule has 0 atom stereocenters. The Morgan fingerprint density at radius 1 is 1.43 bits per heavy atom. The van der Waals surface area contributed by atoms with Gasteiger partial charge in [-0.1, -0.05) is 0 Å². The van der Waals surface area contributed by atoms with E-state index < -0.39 is 15.9 Å². The van der Waals surface area contributed by atoms with Crippen molar-refractivity contribution in [2.45, 2.75) is 37.4 Å². The standard InChI is InChI=1S/C13H15N3O3S2/c1-8-6-9(2)20-13(8)21(18,19)15-12(17)10-7-14-16-5-3-4-11(10)16/h6-7H,3-5H2,1-2H3,(H,15,17). The molecular weight excluding hydrogens is 310 g/mol. The second-order valence-corrected chi connectivity index (χ2v) is 8.23. The second kappa shape index (κ2) is 4.96. The summed E-state index contributed by atoms with van der Waals surface area (Å²) in [5, 5.41) is 4.11. The molecule has 1 amide bonds. The van der Waals surface area contributed by atoms with Crippen molar-refractivity contribution in [3.8, 4) is 0 Å². The number of aryl methyl sites for hydroxylation is 3. The van der Waals surface area contributed by atoms with E-state index in [1.165, 1.54) is 6.20 Å². The van der Waals surface area contributed by atoms with Crippen LogP contribution < -0.4 is 4.72 Å². The number of thiophene rings is 1. The summed E-state index contributed by atoms with van der Waals surface area (Å²) >= 11 is 1.16. The highest BCUT2D eigenvalue weighted by molar-refractivity contribution is 7.92. The fraction of sp³-hybridized carbons (Fsp3) is 0.385. The van der Waals surface area contributed by atoms with E-state index in [2.05, 4.69) is 9.82 Å².